The quantitative estimate of drug-likeness (QED) is 0.893. The largest absolute Gasteiger partial charge is 0.318 e. The Labute approximate surface area is 108 Å². The second kappa shape index (κ2) is 6.34. The van der Waals surface area contributed by atoms with Crippen LogP contribution in [0.4, 0.5) is 0 Å². The number of piperidine rings is 1. The molecule has 0 aromatic carbocycles. The smallest absolute Gasteiger partial charge is 0.0634 e. The number of halogens is 1. The van der Waals surface area contributed by atoms with Gasteiger partial charge in [0.1, 0.15) is 0 Å². The van der Waals surface area contributed by atoms with E-state index < -0.39 is 0 Å². The van der Waals surface area contributed by atoms with E-state index in [1.54, 1.807) is 6.20 Å². The molecule has 1 N–H and O–H groups in total. The minimum absolute atomic E-state index is 0.637. The van der Waals surface area contributed by atoms with Crippen molar-refractivity contribution >= 4 is 11.6 Å². The average molecular weight is 254 g/mol. The van der Waals surface area contributed by atoms with Gasteiger partial charge in [0.2, 0.25) is 0 Å². The third kappa shape index (κ3) is 3.41. The van der Waals surface area contributed by atoms with Crippen LogP contribution in [-0.4, -0.2) is 36.1 Å². The zero-order valence-electron chi connectivity index (χ0n) is 10.3. The first-order valence-electron chi connectivity index (χ1n) is 6.28. The Morgan fingerprint density at radius 1 is 1.53 bits per heavy atom. The summed E-state index contributed by atoms with van der Waals surface area (Å²) < 4.78 is 0. The zero-order chi connectivity index (χ0) is 12.1. The van der Waals surface area contributed by atoms with Crippen LogP contribution in [0.1, 0.15) is 24.8 Å². The lowest BCUT2D eigenvalue weighted by atomic mass is 10.0. The van der Waals surface area contributed by atoms with Crippen LogP contribution in [0.3, 0.4) is 0 Å². The molecule has 0 aliphatic carbocycles. The number of rotatable bonds is 4. The van der Waals surface area contributed by atoms with Crippen molar-refractivity contribution in [3.05, 3.63) is 29.0 Å². The molecule has 2 heterocycles. The first kappa shape index (κ1) is 12.8. The summed E-state index contributed by atoms with van der Waals surface area (Å²) in [5, 5.41) is 4.06. The Hall–Kier alpha value is -0.640. The molecule has 0 radical (unpaired) electrons. The van der Waals surface area contributed by atoms with Crippen molar-refractivity contribution < 1.29 is 0 Å². The maximum atomic E-state index is 6.16. The summed E-state index contributed by atoms with van der Waals surface area (Å²) in [6, 6.07) is 2.66. The number of pyridine rings is 1. The third-order valence-electron chi connectivity index (χ3n) is 3.42. The number of likely N-dealkylation sites (N-methyl/N-ethyl adjacent to an activating group) is 1. The van der Waals surface area contributed by atoms with Crippen LogP contribution >= 0.6 is 11.6 Å². The monoisotopic (exact) mass is 253 g/mol. The maximum absolute atomic E-state index is 6.16. The molecular weight excluding hydrogens is 234 g/mol. The molecule has 2 rings (SSSR count). The molecule has 4 heteroatoms. The SMILES string of the molecule is CNCC1CCCCN1Cc1ccncc1Cl. The van der Waals surface area contributed by atoms with Gasteiger partial charge in [0.05, 0.1) is 5.02 Å². The Kier molecular flexibility index (Phi) is 4.77. The first-order chi connectivity index (χ1) is 8.31. The van der Waals surface area contributed by atoms with Crippen LogP contribution < -0.4 is 5.32 Å². The molecule has 1 saturated heterocycles. The van der Waals surface area contributed by atoms with Crippen LogP contribution in [0.2, 0.25) is 5.02 Å². The van der Waals surface area contributed by atoms with Gasteiger partial charge in [-0.3, -0.25) is 9.88 Å². The summed E-state index contributed by atoms with van der Waals surface area (Å²) in [5.41, 5.74) is 1.18. The molecule has 0 spiro atoms. The Bertz CT molecular complexity index is 354. The van der Waals surface area contributed by atoms with Gasteiger partial charge in [-0.2, -0.15) is 0 Å². The van der Waals surface area contributed by atoms with Gasteiger partial charge in [0.25, 0.3) is 0 Å². The number of hydrogen-bond donors (Lipinski definition) is 1. The van der Waals surface area contributed by atoms with E-state index in [-0.39, 0.29) is 0 Å². The summed E-state index contributed by atoms with van der Waals surface area (Å²) in [4.78, 5) is 6.56. The maximum Gasteiger partial charge on any atom is 0.0634 e. The molecule has 0 saturated carbocycles. The van der Waals surface area contributed by atoms with Crippen molar-refractivity contribution in [2.75, 3.05) is 20.1 Å². The van der Waals surface area contributed by atoms with Gasteiger partial charge in [0.15, 0.2) is 0 Å². The molecule has 1 fully saturated rings. The van der Waals surface area contributed by atoms with E-state index in [0.717, 1.165) is 18.1 Å². The lowest BCUT2D eigenvalue weighted by molar-refractivity contribution is 0.139. The van der Waals surface area contributed by atoms with Gasteiger partial charge in [0, 0.05) is 31.5 Å². The van der Waals surface area contributed by atoms with Crippen molar-refractivity contribution in [1.29, 1.82) is 0 Å². The molecule has 1 aromatic rings. The molecule has 1 unspecified atom stereocenters. The van der Waals surface area contributed by atoms with Gasteiger partial charge in [-0.25, -0.2) is 0 Å². The number of likely N-dealkylation sites (tertiary alicyclic amines) is 1. The Morgan fingerprint density at radius 3 is 3.18 bits per heavy atom. The van der Waals surface area contributed by atoms with Crippen molar-refractivity contribution in [3.63, 3.8) is 0 Å². The molecule has 0 bridgehead atoms. The fourth-order valence-electron chi connectivity index (χ4n) is 2.49. The van der Waals surface area contributed by atoms with E-state index in [9.17, 15) is 0 Å². The van der Waals surface area contributed by atoms with Crippen LogP contribution in [0, 0.1) is 0 Å². The third-order valence-corrected chi connectivity index (χ3v) is 3.76. The summed E-state index contributed by atoms with van der Waals surface area (Å²) >= 11 is 6.16. The van der Waals surface area contributed by atoms with Crippen LogP contribution in [0.15, 0.2) is 18.5 Å². The summed E-state index contributed by atoms with van der Waals surface area (Å²) in [6.45, 7) is 3.17. The average Bonchev–Trinajstić information content (AvgIpc) is 2.35. The first-order valence-corrected chi connectivity index (χ1v) is 6.66. The lowest BCUT2D eigenvalue weighted by Crippen LogP contribution is -2.44. The molecule has 0 amide bonds. The molecule has 3 nitrogen and oxygen atoms in total. The lowest BCUT2D eigenvalue weighted by Gasteiger charge is -2.35. The van der Waals surface area contributed by atoms with E-state index in [0.29, 0.717) is 6.04 Å². The van der Waals surface area contributed by atoms with Crippen molar-refractivity contribution in [2.45, 2.75) is 31.8 Å². The highest BCUT2D eigenvalue weighted by molar-refractivity contribution is 6.31. The second-order valence-electron chi connectivity index (χ2n) is 4.64. The summed E-state index contributed by atoms with van der Waals surface area (Å²) in [7, 11) is 2.02. The van der Waals surface area contributed by atoms with Crippen molar-refractivity contribution in [2.24, 2.45) is 0 Å². The highest BCUT2D eigenvalue weighted by Gasteiger charge is 2.22. The van der Waals surface area contributed by atoms with Gasteiger partial charge < -0.3 is 5.32 Å². The molecule has 1 atom stereocenters. The molecule has 17 heavy (non-hydrogen) atoms. The predicted octanol–water partition coefficient (Wildman–Crippen LogP) is 2.31. The highest BCUT2D eigenvalue weighted by Crippen LogP contribution is 2.22. The van der Waals surface area contributed by atoms with Crippen LogP contribution in [-0.2, 0) is 6.54 Å². The van der Waals surface area contributed by atoms with Gasteiger partial charge in [-0.15, -0.1) is 0 Å². The second-order valence-corrected chi connectivity index (χ2v) is 5.05. The van der Waals surface area contributed by atoms with Crippen molar-refractivity contribution in [1.82, 2.24) is 15.2 Å². The van der Waals surface area contributed by atoms with E-state index in [4.69, 9.17) is 11.6 Å². The normalized spacial score (nSPS) is 21.6. The molecule has 1 aliphatic heterocycles. The van der Waals surface area contributed by atoms with E-state index in [1.807, 2.05) is 19.3 Å². The number of nitrogens with one attached hydrogen (secondary N) is 1. The van der Waals surface area contributed by atoms with E-state index in [2.05, 4.69) is 15.2 Å². The van der Waals surface area contributed by atoms with Crippen LogP contribution in [0.25, 0.3) is 0 Å². The van der Waals surface area contributed by atoms with E-state index in [1.165, 1.54) is 31.4 Å². The summed E-state index contributed by atoms with van der Waals surface area (Å²) in [6.07, 6.45) is 7.46. The van der Waals surface area contributed by atoms with Gasteiger partial charge in [-0.1, -0.05) is 18.0 Å². The number of nitrogens with zero attached hydrogens (tertiary/aromatic N) is 2. The van der Waals surface area contributed by atoms with E-state index >= 15 is 0 Å². The number of aromatic nitrogens is 1. The summed E-state index contributed by atoms with van der Waals surface area (Å²) in [5.74, 6) is 0. The Balaban J connectivity index is 2.03. The Morgan fingerprint density at radius 2 is 2.41 bits per heavy atom. The number of hydrogen-bond acceptors (Lipinski definition) is 3. The predicted molar refractivity (Wildman–Crippen MR) is 71.2 cm³/mol. The zero-order valence-corrected chi connectivity index (χ0v) is 11.1. The van der Waals surface area contributed by atoms with Crippen LogP contribution in [0.5, 0.6) is 0 Å². The topological polar surface area (TPSA) is 28.2 Å². The van der Waals surface area contributed by atoms with Gasteiger partial charge >= 0.3 is 0 Å². The molecule has 1 aliphatic rings. The fraction of sp³-hybridized carbons (Fsp3) is 0.615. The molecule has 1 aromatic heterocycles. The standard InChI is InChI=1S/C13H20ClN3/c1-15-8-12-4-2-3-7-17(12)10-11-5-6-16-9-13(11)14/h5-6,9,12,15H,2-4,7-8,10H2,1H3. The molecule has 94 valence electrons. The van der Waals surface area contributed by atoms with Gasteiger partial charge in [-0.05, 0) is 38.1 Å². The van der Waals surface area contributed by atoms with Crippen molar-refractivity contribution in [3.8, 4) is 0 Å². The minimum Gasteiger partial charge on any atom is -0.318 e. The molecular formula is C13H20ClN3. The highest BCUT2D eigenvalue weighted by atomic mass is 35.5. The minimum atomic E-state index is 0.637. The fourth-order valence-corrected chi connectivity index (χ4v) is 2.67.